The molecule has 0 fully saturated rings. The maximum Gasteiger partial charge on any atom is 0.224 e. The number of benzene rings is 1. The summed E-state index contributed by atoms with van der Waals surface area (Å²) in [7, 11) is 0. The van der Waals surface area contributed by atoms with Crippen molar-refractivity contribution in [3.05, 3.63) is 23.8 Å². The van der Waals surface area contributed by atoms with Gasteiger partial charge in [0.1, 0.15) is 5.75 Å². The van der Waals surface area contributed by atoms with Gasteiger partial charge in [-0.2, -0.15) is 0 Å². The minimum absolute atomic E-state index is 0.0365. The molecule has 0 aromatic heterocycles. The van der Waals surface area contributed by atoms with Crippen LogP contribution >= 0.6 is 15.9 Å². The molecule has 0 saturated carbocycles. The van der Waals surface area contributed by atoms with Crippen molar-refractivity contribution in [1.29, 1.82) is 0 Å². The number of hydrogen-bond acceptors (Lipinski definition) is 2. The van der Waals surface area contributed by atoms with E-state index in [1.54, 1.807) is 0 Å². The van der Waals surface area contributed by atoms with Crippen molar-refractivity contribution >= 4 is 27.5 Å². The maximum atomic E-state index is 11.8. The summed E-state index contributed by atoms with van der Waals surface area (Å²) in [4.78, 5) is 12.2. The minimum atomic E-state index is 0.0365. The maximum absolute atomic E-state index is 11.8. The molecule has 0 aliphatic rings. The second kappa shape index (κ2) is 9.88. The Kier molecular flexibility index (Phi) is 8.54. The van der Waals surface area contributed by atoms with Crippen molar-refractivity contribution in [3.63, 3.8) is 0 Å². The van der Waals surface area contributed by atoms with Crippen LogP contribution in [0.5, 0.6) is 5.75 Å². The highest BCUT2D eigenvalue weighted by Crippen LogP contribution is 2.28. The van der Waals surface area contributed by atoms with Crippen LogP contribution in [-0.2, 0) is 11.2 Å². The minimum Gasteiger partial charge on any atom is -0.492 e. The smallest absolute Gasteiger partial charge is 0.224 e. The summed E-state index contributed by atoms with van der Waals surface area (Å²) in [5.41, 5.74) is 1.98. The highest BCUT2D eigenvalue weighted by atomic mass is 79.9. The van der Waals surface area contributed by atoms with Crippen LogP contribution in [0.4, 0.5) is 5.69 Å². The van der Waals surface area contributed by atoms with Crippen LogP contribution in [0.25, 0.3) is 0 Å². The van der Waals surface area contributed by atoms with Gasteiger partial charge in [0.05, 0.1) is 12.3 Å². The van der Waals surface area contributed by atoms with E-state index in [1.165, 1.54) is 5.56 Å². The number of amides is 1. The molecule has 0 bridgehead atoms. The average molecular weight is 370 g/mol. The monoisotopic (exact) mass is 369 g/mol. The third-order valence-electron chi connectivity index (χ3n) is 3.28. The van der Waals surface area contributed by atoms with Gasteiger partial charge in [-0.15, -0.1) is 0 Å². The molecule has 0 heterocycles. The molecule has 22 heavy (non-hydrogen) atoms. The van der Waals surface area contributed by atoms with Gasteiger partial charge in [-0.1, -0.05) is 42.8 Å². The number of anilines is 1. The number of ether oxygens (including phenoxy) is 1. The zero-order chi connectivity index (χ0) is 16.5. The van der Waals surface area contributed by atoms with Gasteiger partial charge in [-0.25, -0.2) is 0 Å². The number of carbonyl (C=O) groups excluding carboxylic acids is 1. The van der Waals surface area contributed by atoms with Crippen LogP contribution in [-0.4, -0.2) is 17.3 Å². The lowest BCUT2D eigenvalue weighted by Gasteiger charge is -2.16. The predicted octanol–water partition coefficient (Wildman–Crippen LogP) is 5.18. The Bertz CT molecular complexity index is 474. The third kappa shape index (κ3) is 6.82. The number of carbonyl (C=O) groups is 1. The molecule has 1 rings (SSSR count). The molecule has 1 N–H and O–H groups in total. The van der Waals surface area contributed by atoms with Crippen molar-refractivity contribution in [2.75, 3.05) is 11.9 Å². The predicted molar refractivity (Wildman–Crippen MR) is 97.0 cm³/mol. The van der Waals surface area contributed by atoms with Crippen LogP contribution in [0.1, 0.15) is 52.5 Å². The van der Waals surface area contributed by atoms with Gasteiger partial charge in [-0.3, -0.25) is 4.79 Å². The van der Waals surface area contributed by atoms with Gasteiger partial charge in [0, 0.05) is 11.2 Å². The van der Waals surface area contributed by atoms with E-state index in [4.69, 9.17) is 4.74 Å². The number of rotatable bonds is 9. The van der Waals surface area contributed by atoms with Crippen molar-refractivity contribution in [2.45, 2.75) is 58.2 Å². The quantitative estimate of drug-likeness (QED) is 0.609. The van der Waals surface area contributed by atoms with Crippen molar-refractivity contribution in [2.24, 2.45) is 5.92 Å². The Morgan fingerprint density at radius 1 is 1.32 bits per heavy atom. The lowest BCUT2D eigenvalue weighted by molar-refractivity contribution is -0.116. The molecule has 0 saturated heterocycles. The summed E-state index contributed by atoms with van der Waals surface area (Å²) in [5.74, 6) is 1.46. The average Bonchev–Trinajstić information content (AvgIpc) is 2.41. The zero-order valence-corrected chi connectivity index (χ0v) is 15.7. The Labute approximate surface area is 143 Å². The molecule has 1 amide bonds. The summed E-state index contributed by atoms with van der Waals surface area (Å²) >= 11 is 3.75. The molecule has 124 valence electrons. The number of nitrogens with one attached hydrogen (secondary N) is 1. The number of alkyl halides is 1. The van der Waals surface area contributed by atoms with Crippen LogP contribution < -0.4 is 10.1 Å². The molecule has 1 aromatic carbocycles. The van der Waals surface area contributed by atoms with Crippen molar-refractivity contribution in [3.8, 4) is 5.75 Å². The first kappa shape index (κ1) is 19.0. The molecule has 4 heteroatoms. The Balaban J connectivity index is 2.82. The van der Waals surface area contributed by atoms with E-state index in [-0.39, 0.29) is 5.91 Å². The van der Waals surface area contributed by atoms with Crippen LogP contribution in [0.15, 0.2) is 18.2 Å². The molecular weight excluding hydrogens is 342 g/mol. The van der Waals surface area contributed by atoms with Gasteiger partial charge in [-0.05, 0) is 49.8 Å². The fourth-order valence-electron chi connectivity index (χ4n) is 2.36. The van der Waals surface area contributed by atoms with Gasteiger partial charge < -0.3 is 10.1 Å². The molecule has 1 atom stereocenters. The Hall–Kier alpha value is -1.03. The van der Waals surface area contributed by atoms with Gasteiger partial charge >= 0.3 is 0 Å². The van der Waals surface area contributed by atoms with E-state index < -0.39 is 0 Å². The summed E-state index contributed by atoms with van der Waals surface area (Å²) in [6.45, 7) is 9.00. The molecule has 1 unspecified atom stereocenters. The van der Waals surface area contributed by atoms with Gasteiger partial charge in [0.25, 0.3) is 0 Å². The van der Waals surface area contributed by atoms with E-state index in [0.29, 0.717) is 23.8 Å². The lowest BCUT2D eigenvalue weighted by atomic mass is 10.0. The van der Waals surface area contributed by atoms with Crippen molar-refractivity contribution < 1.29 is 9.53 Å². The van der Waals surface area contributed by atoms with Crippen LogP contribution in [0.2, 0.25) is 0 Å². The molecule has 3 nitrogen and oxygen atoms in total. The largest absolute Gasteiger partial charge is 0.492 e. The first-order chi connectivity index (χ1) is 10.5. The summed E-state index contributed by atoms with van der Waals surface area (Å²) in [5, 5.41) is 2.93. The fraction of sp³-hybridized carbons (Fsp3) is 0.611. The van der Waals surface area contributed by atoms with E-state index in [2.05, 4.69) is 41.2 Å². The summed E-state index contributed by atoms with van der Waals surface area (Å²) in [6, 6.07) is 6.06. The van der Waals surface area contributed by atoms with E-state index in [1.807, 2.05) is 26.0 Å². The topological polar surface area (TPSA) is 38.3 Å². The van der Waals surface area contributed by atoms with Crippen LogP contribution in [0.3, 0.4) is 0 Å². The van der Waals surface area contributed by atoms with Crippen molar-refractivity contribution in [1.82, 2.24) is 0 Å². The highest BCUT2D eigenvalue weighted by molar-refractivity contribution is 9.09. The highest BCUT2D eigenvalue weighted by Gasteiger charge is 2.12. The van der Waals surface area contributed by atoms with E-state index >= 15 is 0 Å². The van der Waals surface area contributed by atoms with E-state index in [9.17, 15) is 4.79 Å². The lowest BCUT2D eigenvalue weighted by Crippen LogP contribution is -2.12. The molecule has 1 aromatic rings. The Morgan fingerprint density at radius 3 is 2.64 bits per heavy atom. The molecule has 0 aliphatic carbocycles. The number of hydrogen-bond donors (Lipinski definition) is 1. The SMILES string of the molecule is CCCC(=O)Nc1ccc(CC(Br)CC(C)C)cc1OCC. The molecule has 0 radical (unpaired) electrons. The molecular formula is C18H28BrNO2. The Morgan fingerprint density at radius 2 is 2.05 bits per heavy atom. The first-order valence-corrected chi connectivity index (χ1v) is 9.07. The zero-order valence-electron chi connectivity index (χ0n) is 14.1. The standard InChI is InChI=1S/C18H28BrNO2/c1-5-7-18(21)20-16-9-8-14(12-17(16)22-6-2)11-15(19)10-13(3)4/h8-9,12-13,15H,5-7,10-11H2,1-4H3,(H,20,21). The van der Waals surface area contributed by atoms with E-state index in [0.717, 1.165) is 30.7 Å². The number of halogens is 1. The third-order valence-corrected chi connectivity index (χ3v) is 3.98. The van der Waals surface area contributed by atoms with Gasteiger partial charge in [0.2, 0.25) is 5.91 Å². The first-order valence-electron chi connectivity index (χ1n) is 8.15. The molecule has 0 spiro atoms. The second-order valence-electron chi connectivity index (χ2n) is 5.99. The second-order valence-corrected chi connectivity index (χ2v) is 7.29. The van der Waals surface area contributed by atoms with Gasteiger partial charge in [0.15, 0.2) is 0 Å². The summed E-state index contributed by atoms with van der Waals surface area (Å²) in [6.07, 6.45) is 3.47. The fourth-order valence-corrected chi connectivity index (χ4v) is 3.48. The molecule has 0 aliphatic heterocycles. The normalized spacial score (nSPS) is 12.3. The summed E-state index contributed by atoms with van der Waals surface area (Å²) < 4.78 is 5.69. The van der Waals surface area contributed by atoms with Crippen LogP contribution in [0, 0.1) is 5.92 Å².